The number of carbonyl (C=O) groups is 1. The molecule has 0 atom stereocenters. The van der Waals surface area contributed by atoms with Crippen LogP contribution in [0.4, 0.5) is 0 Å². The van der Waals surface area contributed by atoms with Crippen molar-refractivity contribution in [2.24, 2.45) is 0 Å². The quantitative estimate of drug-likeness (QED) is 0.451. The second-order valence-corrected chi connectivity index (χ2v) is 1.85. The Kier molecular flexibility index (Phi) is 4.81. The van der Waals surface area contributed by atoms with Gasteiger partial charge in [-0.3, -0.25) is 4.79 Å². The van der Waals surface area contributed by atoms with Gasteiger partial charge in [-0.25, -0.2) is 4.79 Å². The fraction of sp³-hybridized carbons (Fsp3) is 0.429. The lowest BCUT2D eigenvalue weighted by Gasteiger charge is -1.99. The van der Waals surface area contributed by atoms with Crippen molar-refractivity contribution in [1.82, 2.24) is 5.32 Å². The second kappa shape index (κ2) is 5.46. The van der Waals surface area contributed by atoms with Gasteiger partial charge in [0.05, 0.1) is 13.7 Å². The molecule has 1 radical (unpaired) electrons. The highest BCUT2D eigenvalue weighted by Crippen LogP contribution is 1.86. The Morgan fingerprint density at radius 2 is 2.36 bits per heavy atom. The fourth-order valence-corrected chi connectivity index (χ4v) is 0.462. The van der Waals surface area contributed by atoms with Gasteiger partial charge < -0.3 is 10.1 Å². The molecule has 0 aliphatic carbocycles. The van der Waals surface area contributed by atoms with E-state index in [0.717, 1.165) is 0 Å². The Morgan fingerprint density at radius 3 is 2.82 bits per heavy atom. The zero-order valence-electron chi connectivity index (χ0n) is 6.51. The molecular weight excluding hydrogens is 146 g/mol. The first kappa shape index (κ1) is 9.68. The van der Waals surface area contributed by atoms with Gasteiger partial charge in [0.15, 0.2) is 0 Å². The Balaban J connectivity index is 3.79. The van der Waals surface area contributed by atoms with E-state index in [1.165, 1.54) is 13.2 Å². The summed E-state index contributed by atoms with van der Waals surface area (Å²) in [7, 11) is 1.29. The van der Waals surface area contributed by atoms with Crippen molar-refractivity contribution in [1.29, 1.82) is 0 Å². The maximum Gasteiger partial charge on any atom is 0.332 e. The van der Waals surface area contributed by atoms with Gasteiger partial charge in [-0.1, -0.05) is 0 Å². The first-order valence-corrected chi connectivity index (χ1v) is 3.06. The lowest BCUT2D eigenvalue weighted by Crippen LogP contribution is -2.14. The number of hydrogen-bond donors (Lipinski definition) is 1. The van der Waals surface area contributed by atoms with Crippen molar-refractivity contribution < 1.29 is 14.3 Å². The third-order valence-electron chi connectivity index (χ3n) is 0.975. The van der Waals surface area contributed by atoms with Crippen LogP contribution in [0.25, 0.3) is 0 Å². The van der Waals surface area contributed by atoms with Crippen LogP contribution in [0.5, 0.6) is 0 Å². The summed E-state index contributed by atoms with van der Waals surface area (Å²) >= 11 is 0. The van der Waals surface area contributed by atoms with Crippen molar-refractivity contribution in [2.75, 3.05) is 13.7 Å². The van der Waals surface area contributed by atoms with Gasteiger partial charge in [-0.05, 0) is 6.92 Å². The monoisotopic (exact) mass is 156 g/mol. The summed E-state index contributed by atoms with van der Waals surface area (Å²) in [5.41, 5.74) is 0.584. The summed E-state index contributed by atoms with van der Waals surface area (Å²) in [4.78, 5) is 20.3. The minimum Gasteiger partial charge on any atom is -0.466 e. The largest absolute Gasteiger partial charge is 0.466 e. The van der Waals surface area contributed by atoms with E-state index in [0.29, 0.717) is 5.70 Å². The predicted octanol–water partition coefficient (Wildman–Crippen LogP) is -0.237. The number of esters is 1. The third kappa shape index (κ3) is 5.14. The van der Waals surface area contributed by atoms with Gasteiger partial charge in [0.25, 0.3) is 0 Å². The maximum atomic E-state index is 10.5. The van der Waals surface area contributed by atoms with E-state index >= 15 is 0 Å². The molecule has 11 heavy (non-hydrogen) atoms. The molecule has 0 saturated carbocycles. The van der Waals surface area contributed by atoms with E-state index in [1.807, 2.05) is 0 Å². The summed E-state index contributed by atoms with van der Waals surface area (Å²) in [6.07, 6.45) is 2.90. The Hall–Kier alpha value is -1.32. The molecular formula is C7H10NO3. The second-order valence-electron chi connectivity index (χ2n) is 1.85. The van der Waals surface area contributed by atoms with E-state index in [4.69, 9.17) is 0 Å². The van der Waals surface area contributed by atoms with Crippen molar-refractivity contribution in [2.45, 2.75) is 6.92 Å². The summed E-state index contributed by atoms with van der Waals surface area (Å²) < 4.78 is 4.35. The Bertz CT molecular complexity index is 175. The van der Waals surface area contributed by atoms with E-state index in [9.17, 15) is 9.59 Å². The standard InChI is InChI=1S/C7H10NO3/c1-6(8-3-4-9)5-7(10)11-2/h5,8H,3H2,1-2H3. The summed E-state index contributed by atoms with van der Waals surface area (Å²) in [5, 5.41) is 2.63. The van der Waals surface area contributed by atoms with Crippen molar-refractivity contribution in [3.05, 3.63) is 11.8 Å². The number of rotatable bonds is 4. The summed E-state index contributed by atoms with van der Waals surface area (Å²) in [6, 6.07) is 0. The smallest absolute Gasteiger partial charge is 0.332 e. The van der Waals surface area contributed by atoms with E-state index in [1.54, 1.807) is 13.2 Å². The highest BCUT2D eigenvalue weighted by Gasteiger charge is 1.94. The predicted molar refractivity (Wildman–Crippen MR) is 39.5 cm³/mol. The van der Waals surface area contributed by atoms with Crippen LogP contribution in [-0.4, -0.2) is 25.9 Å². The first-order valence-electron chi connectivity index (χ1n) is 3.06. The zero-order chi connectivity index (χ0) is 8.69. The molecule has 0 bridgehead atoms. The average molecular weight is 156 g/mol. The number of carbonyl (C=O) groups excluding carboxylic acids is 2. The molecule has 0 spiro atoms. The van der Waals surface area contributed by atoms with Crippen molar-refractivity contribution >= 4 is 12.3 Å². The van der Waals surface area contributed by atoms with E-state index in [-0.39, 0.29) is 6.54 Å². The van der Waals surface area contributed by atoms with Crippen LogP contribution in [0.2, 0.25) is 0 Å². The molecule has 61 valence electrons. The lowest BCUT2D eigenvalue weighted by molar-refractivity contribution is -0.134. The van der Waals surface area contributed by atoms with Gasteiger partial charge in [0, 0.05) is 11.8 Å². The Morgan fingerprint density at radius 1 is 1.73 bits per heavy atom. The Labute approximate surface area is 65.2 Å². The van der Waals surface area contributed by atoms with Gasteiger partial charge in [-0.15, -0.1) is 0 Å². The number of allylic oxidation sites excluding steroid dienone is 1. The molecule has 0 aromatic carbocycles. The molecule has 0 saturated heterocycles. The zero-order valence-corrected chi connectivity index (χ0v) is 6.51. The fourth-order valence-electron chi connectivity index (χ4n) is 0.462. The van der Waals surface area contributed by atoms with Gasteiger partial charge in [0.2, 0.25) is 6.29 Å². The highest BCUT2D eigenvalue weighted by molar-refractivity contribution is 5.82. The third-order valence-corrected chi connectivity index (χ3v) is 0.975. The van der Waals surface area contributed by atoms with Crippen LogP contribution in [0, 0.1) is 0 Å². The molecule has 4 nitrogen and oxygen atoms in total. The molecule has 0 heterocycles. The number of hydrogen-bond acceptors (Lipinski definition) is 4. The van der Waals surface area contributed by atoms with Crippen molar-refractivity contribution in [3.8, 4) is 0 Å². The van der Waals surface area contributed by atoms with E-state index in [2.05, 4.69) is 10.1 Å². The molecule has 0 amide bonds. The highest BCUT2D eigenvalue weighted by atomic mass is 16.5. The van der Waals surface area contributed by atoms with Gasteiger partial charge in [0.1, 0.15) is 0 Å². The van der Waals surface area contributed by atoms with E-state index < -0.39 is 5.97 Å². The minimum atomic E-state index is -0.444. The molecule has 0 fully saturated rings. The maximum absolute atomic E-state index is 10.5. The van der Waals surface area contributed by atoms with Crippen LogP contribution in [0.15, 0.2) is 11.8 Å². The van der Waals surface area contributed by atoms with Crippen molar-refractivity contribution in [3.63, 3.8) is 0 Å². The topological polar surface area (TPSA) is 55.4 Å². The first-order chi connectivity index (χ1) is 5.20. The number of nitrogens with one attached hydrogen (secondary N) is 1. The normalized spacial score (nSPS) is 10.5. The van der Waals surface area contributed by atoms with Crippen LogP contribution in [-0.2, 0) is 14.3 Å². The molecule has 0 aromatic rings. The van der Waals surface area contributed by atoms with Crippen LogP contribution < -0.4 is 5.32 Å². The lowest BCUT2D eigenvalue weighted by atomic mass is 10.4. The van der Waals surface area contributed by atoms with Gasteiger partial charge in [-0.2, -0.15) is 0 Å². The summed E-state index contributed by atoms with van der Waals surface area (Å²) in [5.74, 6) is -0.444. The van der Waals surface area contributed by atoms with Crippen LogP contribution >= 0.6 is 0 Å². The SMILES string of the molecule is COC(=O)C=C(C)NC[C]=O. The average Bonchev–Trinajstić information content (AvgIpc) is 2.00. The molecule has 4 heteroatoms. The molecule has 1 N–H and O–H groups in total. The minimum absolute atomic E-state index is 0.0827. The molecule has 0 aliphatic rings. The summed E-state index contributed by atoms with van der Waals surface area (Å²) in [6.45, 7) is 1.74. The molecule has 0 rings (SSSR count). The number of ether oxygens (including phenoxy) is 1. The van der Waals surface area contributed by atoms with Gasteiger partial charge >= 0.3 is 5.97 Å². The van der Waals surface area contributed by atoms with Crippen LogP contribution in [0.3, 0.4) is 0 Å². The number of methoxy groups -OCH3 is 1. The molecule has 0 unspecified atom stereocenters. The molecule has 0 aromatic heterocycles. The molecule has 0 aliphatic heterocycles. The van der Waals surface area contributed by atoms with Crippen LogP contribution in [0.1, 0.15) is 6.92 Å².